The molecule has 1 aliphatic rings. The topological polar surface area (TPSA) is 61.0 Å². The van der Waals surface area contributed by atoms with Gasteiger partial charge in [0.2, 0.25) is 0 Å². The molecular weight excluding hydrogens is 432 g/mol. The molecule has 0 amide bonds. The van der Waals surface area contributed by atoms with Gasteiger partial charge in [0, 0.05) is 19.0 Å². The maximum atomic E-state index is 13.6. The van der Waals surface area contributed by atoms with Crippen LogP contribution in [-0.2, 0) is 14.1 Å². The standard InChI is InChI=1S/C26H22N4O2S/c1-15-8-6-9-16(14-15)22-20-23(28(2)26(32)29(3)25(20)31)24-21(19-12-7-13-33-19)27-17-10-4-5-11-18(17)30(22)24/h4-14,21,27H,1-3H3/t21-/m0/s1. The van der Waals surface area contributed by atoms with E-state index in [2.05, 4.69) is 34.1 Å². The van der Waals surface area contributed by atoms with E-state index < -0.39 is 0 Å². The van der Waals surface area contributed by atoms with E-state index in [-0.39, 0.29) is 17.3 Å². The first-order valence-corrected chi connectivity index (χ1v) is 11.7. The maximum Gasteiger partial charge on any atom is 0.331 e. The van der Waals surface area contributed by atoms with Crippen LogP contribution in [0.15, 0.2) is 75.6 Å². The molecule has 7 heteroatoms. The Hall–Kier alpha value is -3.84. The van der Waals surface area contributed by atoms with Crippen LogP contribution < -0.4 is 16.6 Å². The van der Waals surface area contributed by atoms with Gasteiger partial charge in [0.05, 0.1) is 33.7 Å². The summed E-state index contributed by atoms with van der Waals surface area (Å²) < 4.78 is 4.99. The van der Waals surface area contributed by atoms with Crippen molar-refractivity contribution in [2.24, 2.45) is 14.1 Å². The molecular formula is C26H22N4O2S. The highest BCUT2D eigenvalue weighted by atomic mass is 32.1. The zero-order chi connectivity index (χ0) is 22.9. The molecule has 1 atom stereocenters. The number of anilines is 1. The van der Waals surface area contributed by atoms with Crippen LogP contribution in [0.25, 0.3) is 27.8 Å². The largest absolute Gasteiger partial charge is 0.370 e. The second-order valence-electron chi connectivity index (χ2n) is 8.48. The van der Waals surface area contributed by atoms with E-state index in [0.717, 1.165) is 38.8 Å². The fraction of sp³-hybridized carbons (Fsp3) is 0.154. The molecule has 0 spiro atoms. The molecule has 0 saturated carbocycles. The lowest BCUT2D eigenvalue weighted by Gasteiger charge is -2.30. The van der Waals surface area contributed by atoms with Gasteiger partial charge < -0.3 is 9.88 Å². The van der Waals surface area contributed by atoms with Gasteiger partial charge in [-0.1, -0.05) is 42.0 Å². The van der Waals surface area contributed by atoms with Gasteiger partial charge in [-0.3, -0.25) is 13.9 Å². The normalized spacial score (nSPS) is 14.7. The van der Waals surface area contributed by atoms with Gasteiger partial charge in [-0.25, -0.2) is 4.79 Å². The highest BCUT2D eigenvalue weighted by Gasteiger charge is 2.35. The second-order valence-corrected chi connectivity index (χ2v) is 9.46. The van der Waals surface area contributed by atoms with Crippen molar-refractivity contribution in [3.8, 4) is 16.9 Å². The lowest BCUT2D eigenvalue weighted by atomic mass is 10.1. The number of aromatic nitrogens is 3. The van der Waals surface area contributed by atoms with Crippen LogP contribution in [0.1, 0.15) is 22.2 Å². The Morgan fingerprint density at radius 2 is 1.76 bits per heavy atom. The highest BCUT2D eigenvalue weighted by molar-refractivity contribution is 7.10. The summed E-state index contributed by atoms with van der Waals surface area (Å²) in [5.41, 5.74) is 5.77. The third kappa shape index (κ3) is 2.72. The van der Waals surface area contributed by atoms with E-state index in [1.807, 2.05) is 48.7 Å². The molecule has 33 heavy (non-hydrogen) atoms. The van der Waals surface area contributed by atoms with E-state index in [0.29, 0.717) is 10.9 Å². The van der Waals surface area contributed by atoms with E-state index in [1.165, 1.54) is 4.57 Å². The molecule has 0 aliphatic carbocycles. The number of nitrogens with zero attached hydrogens (tertiary/aromatic N) is 3. The SMILES string of the molecule is Cc1cccc(-c2c3c(=O)n(C)c(=O)n(C)c3c3n2-c2ccccc2N[C@H]3c2cccs2)c1. The quantitative estimate of drug-likeness (QED) is 0.425. The van der Waals surface area contributed by atoms with Gasteiger partial charge in [-0.15, -0.1) is 11.3 Å². The minimum Gasteiger partial charge on any atom is -0.370 e. The summed E-state index contributed by atoms with van der Waals surface area (Å²) in [6.45, 7) is 2.05. The second kappa shape index (κ2) is 7.08. The summed E-state index contributed by atoms with van der Waals surface area (Å²) in [5, 5.41) is 6.27. The fourth-order valence-corrected chi connectivity index (χ4v) is 5.73. The van der Waals surface area contributed by atoms with Gasteiger partial charge in [0.25, 0.3) is 5.56 Å². The fourth-order valence-electron chi connectivity index (χ4n) is 4.95. The molecule has 4 heterocycles. The van der Waals surface area contributed by atoms with Crippen molar-refractivity contribution in [2.75, 3.05) is 5.32 Å². The Morgan fingerprint density at radius 1 is 0.939 bits per heavy atom. The number of para-hydroxylation sites is 2. The molecule has 0 fully saturated rings. The molecule has 3 aromatic heterocycles. The van der Waals surface area contributed by atoms with E-state index >= 15 is 0 Å². The van der Waals surface area contributed by atoms with Crippen LogP contribution in [0.3, 0.4) is 0 Å². The zero-order valence-electron chi connectivity index (χ0n) is 18.5. The van der Waals surface area contributed by atoms with Crippen LogP contribution in [0, 0.1) is 6.92 Å². The number of thiophene rings is 1. The third-order valence-corrected chi connectivity index (χ3v) is 7.38. The van der Waals surface area contributed by atoms with Gasteiger partial charge in [-0.05, 0) is 42.1 Å². The first-order valence-electron chi connectivity index (χ1n) is 10.8. The number of hydrogen-bond donors (Lipinski definition) is 1. The molecule has 0 bridgehead atoms. The predicted molar refractivity (Wildman–Crippen MR) is 134 cm³/mol. The molecule has 6 rings (SSSR count). The highest BCUT2D eigenvalue weighted by Crippen LogP contribution is 2.46. The van der Waals surface area contributed by atoms with Gasteiger partial charge in [0.15, 0.2) is 0 Å². The van der Waals surface area contributed by atoms with Crippen LogP contribution in [0.4, 0.5) is 5.69 Å². The van der Waals surface area contributed by atoms with Crippen molar-refractivity contribution < 1.29 is 0 Å². The Morgan fingerprint density at radius 3 is 2.52 bits per heavy atom. The van der Waals surface area contributed by atoms with Crippen molar-refractivity contribution in [3.05, 3.63) is 103 Å². The number of rotatable bonds is 2. The molecule has 2 aromatic carbocycles. The molecule has 5 aromatic rings. The molecule has 0 saturated heterocycles. The Labute approximate surface area is 194 Å². The summed E-state index contributed by atoms with van der Waals surface area (Å²) in [4.78, 5) is 27.8. The van der Waals surface area contributed by atoms with Gasteiger partial charge >= 0.3 is 5.69 Å². The first-order chi connectivity index (χ1) is 16.0. The number of aryl methyl sites for hydroxylation is 2. The minimum absolute atomic E-state index is 0.196. The molecule has 164 valence electrons. The van der Waals surface area contributed by atoms with Crippen LogP contribution in [0.5, 0.6) is 0 Å². The lowest BCUT2D eigenvalue weighted by molar-refractivity contribution is 0.709. The third-order valence-electron chi connectivity index (χ3n) is 6.45. The van der Waals surface area contributed by atoms with Gasteiger partial charge in [0.1, 0.15) is 6.04 Å². The number of nitrogens with one attached hydrogen (secondary N) is 1. The van der Waals surface area contributed by atoms with Crippen LogP contribution in [-0.4, -0.2) is 13.7 Å². The number of benzene rings is 2. The average molecular weight is 455 g/mol. The molecule has 6 nitrogen and oxygen atoms in total. The van der Waals surface area contributed by atoms with E-state index in [4.69, 9.17) is 0 Å². The Balaban J connectivity index is 1.90. The van der Waals surface area contributed by atoms with Crippen LogP contribution >= 0.6 is 11.3 Å². The summed E-state index contributed by atoms with van der Waals surface area (Å²) in [7, 11) is 3.29. The average Bonchev–Trinajstić information content (AvgIpc) is 3.48. The van der Waals surface area contributed by atoms with E-state index in [9.17, 15) is 9.59 Å². The smallest absolute Gasteiger partial charge is 0.331 e. The molecule has 0 unspecified atom stereocenters. The monoisotopic (exact) mass is 454 g/mol. The summed E-state index contributed by atoms with van der Waals surface area (Å²) in [6, 6.07) is 20.2. The Bertz CT molecular complexity index is 1670. The minimum atomic E-state index is -0.333. The van der Waals surface area contributed by atoms with E-state index in [1.54, 1.807) is 30.0 Å². The van der Waals surface area contributed by atoms with Gasteiger partial charge in [-0.2, -0.15) is 0 Å². The lowest BCUT2D eigenvalue weighted by Crippen LogP contribution is -2.37. The van der Waals surface area contributed by atoms with Crippen molar-refractivity contribution in [1.82, 2.24) is 13.7 Å². The first kappa shape index (κ1) is 19.8. The molecule has 1 N–H and O–H groups in total. The zero-order valence-corrected chi connectivity index (χ0v) is 19.3. The van der Waals surface area contributed by atoms with Crippen LogP contribution in [0.2, 0.25) is 0 Å². The maximum absolute atomic E-state index is 13.6. The molecule has 0 radical (unpaired) electrons. The van der Waals surface area contributed by atoms with Crippen molar-refractivity contribution in [1.29, 1.82) is 0 Å². The van der Waals surface area contributed by atoms with Crippen molar-refractivity contribution in [2.45, 2.75) is 13.0 Å². The predicted octanol–water partition coefficient (Wildman–Crippen LogP) is 4.58. The number of hydrogen-bond acceptors (Lipinski definition) is 4. The summed E-state index contributed by atoms with van der Waals surface area (Å²) >= 11 is 1.65. The van der Waals surface area contributed by atoms with Crippen molar-refractivity contribution in [3.63, 3.8) is 0 Å². The summed E-state index contributed by atoms with van der Waals surface area (Å²) in [6.07, 6.45) is 0. The summed E-state index contributed by atoms with van der Waals surface area (Å²) in [5.74, 6) is 0. The van der Waals surface area contributed by atoms with Crippen molar-refractivity contribution >= 4 is 27.9 Å². The number of fused-ring (bicyclic) bond motifs is 5. The Kier molecular flexibility index (Phi) is 4.25. The molecule has 1 aliphatic heterocycles.